The summed E-state index contributed by atoms with van der Waals surface area (Å²) >= 11 is 3.19. The average molecular weight is 372 g/mol. The van der Waals surface area contributed by atoms with E-state index in [4.69, 9.17) is 18.6 Å². The maximum Gasteiger partial charge on any atom is 0 e. The smallest absolute Gasteiger partial charge is 0 e. The Balaban J connectivity index is -0.0000000537. The van der Waals surface area contributed by atoms with Crippen LogP contribution in [-0.4, -0.2) is 21.0 Å². The molecule has 0 aromatic heterocycles. The Labute approximate surface area is 148 Å². The van der Waals surface area contributed by atoms with Crippen molar-refractivity contribution in [1.82, 2.24) is 0 Å². The third-order valence-corrected chi connectivity index (χ3v) is 4.42. The van der Waals surface area contributed by atoms with Gasteiger partial charge in [-0.15, -0.1) is 0 Å². The van der Waals surface area contributed by atoms with Crippen LogP contribution in [0.25, 0.3) is 0 Å². The van der Waals surface area contributed by atoms with Gasteiger partial charge < -0.3 is 0 Å². The van der Waals surface area contributed by atoms with Crippen molar-refractivity contribution in [1.29, 1.82) is 0 Å². The molecule has 0 radical (unpaired) electrons. The summed E-state index contributed by atoms with van der Waals surface area (Å²) in [6.45, 7) is 31.8. The fourth-order valence-electron chi connectivity index (χ4n) is 0.771. The number of rotatable bonds is 3. The zero-order valence-corrected chi connectivity index (χ0v) is 16.4. The number of hydrogen-bond donors (Lipinski definition) is 0. The van der Waals surface area contributed by atoms with Gasteiger partial charge in [0.05, 0.1) is 0 Å². The van der Waals surface area contributed by atoms with Gasteiger partial charge in [-0.05, 0) is 65.1 Å². The first-order valence-corrected chi connectivity index (χ1v) is 7.56. The number of hydrogen-bond acceptors (Lipinski definition) is 0. The monoisotopic (exact) mass is 372 g/mol. The second-order valence-electron chi connectivity index (χ2n) is 5.11. The van der Waals surface area contributed by atoms with Crippen molar-refractivity contribution in [2.75, 3.05) is 11.5 Å². The molecule has 0 fully saturated rings. The molecule has 0 aliphatic rings. The SMILES string of the molecule is CC(C)(C)[SH+]CC[SH+]C(C)(C)C.[C-]#[O+].[C-]#[O+].[C-]#[O+].[C-]#[O+].[Cr]. The maximum absolute atomic E-state index is 7.50. The third-order valence-electron chi connectivity index (χ3n) is 1.27. The molecule has 0 rings (SSSR count). The second kappa shape index (κ2) is 28.4. The molecule has 0 saturated heterocycles. The van der Waals surface area contributed by atoms with Gasteiger partial charge in [-0.25, -0.2) is 0 Å². The van der Waals surface area contributed by atoms with E-state index in [0.717, 1.165) is 0 Å². The first-order valence-electron chi connectivity index (χ1n) is 5.40. The third kappa shape index (κ3) is 79.1. The van der Waals surface area contributed by atoms with Gasteiger partial charge >= 0.3 is 45.2 Å². The Kier molecular flexibility index (Phi) is 50.6. The van der Waals surface area contributed by atoms with Crippen LogP contribution in [0.5, 0.6) is 0 Å². The average Bonchev–Trinajstić information content (AvgIpc) is 2.42. The summed E-state index contributed by atoms with van der Waals surface area (Å²) in [6.07, 6.45) is 0. The quantitative estimate of drug-likeness (QED) is 0.315. The largest absolute Gasteiger partial charge is 0 e. The molecule has 0 atom stereocenters. The first kappa shape index (κ1) is 37.4. The Morgan fingerprint density at radius 1 is 0.571 bits per heavy atom. The predicted octanol–water partition coefficient (Wildman–Crippen LogP) is 2.06. The van der Waals surface area contributed by atoms with Crippen LogP contribution in [-0.2, 0) is 59.5 Å². The summed E-state index contributed by atoms with van der Waals surface area (Å²) in [5, 5.41) is 0. The van der Waals surface area contributed by atoms with Crippen molar-refractivity contribution in [3.05, 3.63) is 26.6 Å². The molecule has 0 aromatic rings. The van der Waals surface area contributed by atoms with Crippen LogP contribution in [0.3, 0.4) is 0 Å². The minimum Gasteiger partial charge on any atom is 0 e. The molecule has 0 heterocycles. The van der Waals surface area contributed by atoms with Crippen molar-refractivity contribution >= 4 is 23.5 Å². The minimum absolute atomic E-state index is 0. The Hall–Kier alpha value is 0.192. The molecule has 0 aliphatic heterocycles. The van der Waals surface area contributed by atoms with Crippen LogP contribution in [0.2, 0.25) is 0 Å². The zero-order valence-electron chi connectivity index (χ0n) is 13.3. The van der Waals surface area contributed by atoms with E-state index in [-0.39, 0.29) is 17.4 Å². The fourth-order valence-corrected chi connectivity index (χ4v) is 2.91. The molecular weight excluding hydrogens is 348 g/mol. The molecule has 0 saturated carbocycles. The standard InChI is InChI=1S/C10H22S2.4CO.Cr/c1-9(2,3)11-7-8-12-10(4,5)6;4*1-2;/h7-8H2,1-6H3;;;;;/p+2. The van der Waals surface area contributed by atoms with E-state index in [0.29, 0.717) is 9.49 Å². The maximum atomic E-state index is 7.50. The molecule has 120 valence electrons. The van der Waals surface area contributed by atoms with Crippen LogP contribution < -0.4 is 0 Å². The predicted molar refractivity (Wildman–Crippen MR) is 82.5 cm³/mol. The normalized spacial score (nSPS) is 8.10. The first-order chi connectivity index (χ1) is 9.21. The van der Waals surface area contributed by atoms with Crippen LogP contribution in [0.1, 0.15) is 41.5 Å². The molecule has 7 heteroatoms. The van der Waals surface area contributed by atoms with Gasteiger partial charge in [-0.1, -0.05) is 0 Å². The number of thiol groups is 2. The molecule has 0 aromatic carbocycles. The topological polar surface area (TPSA) is 79.6 Å². The Bertz CT molecular complexity index is 220. The van der Waals surface area contributed by atoms with Crippen LogP contribution in [0.15, 0.2) is 0 Å². The van der Waals surface area contributed by atoms with Crippen molar-refractivity contribution in [2.45, 2.75) is 51.0 Å². The Morgan fingerprint density at radius 3 is 0.810 bits per heavy atom. The summed E-state index contributed by atoms with van der Waals surface area (Å²) < 4.78 is 31.0. The van der Waals surface area contributed by atoms with E-state index < -0.39 is 0 Å². The molecule has 0 N–H and O–H groups in total. The molecule has 0 spiro atoms. The van der Waals surface area contributed by atoms with Gasteiger partial charge in [0.1, 0.15) is 9.49 Å². The molecule has 0 aliphatic carbocycles. The molecule has 4 nitrogen and oxygen atoms in total. The van der Waals surface area contributed by atoms with Crippen molar-refractivity contribution in [3.8, 4) is 0 Å². The summed E-state index contributed by atoms with van der Waals surface area (Å²) in [4.78, 5) is 0. The van der Waals surface area contributed by atoms with Gasteiger partial charge in [-0.3, -0.25) is 0 Å². The minimum atomic E-state index is 0. The van der Waals surface area contributed by atoms with Crippen molar-refractivity contribution < 1.29 is 36.0 Å². The molecule has 0 amide bonds. The summed E-state index contributed by atoms with van der Waals surface area (Å²) in [6, 6.07) is 0. The molecule has 0 bridgehead atoms. The van der Waals surface area contributed by atoms with Crippen LogP contribution >= 0.6 is 0 Å². The van der Waals surface area contributed by atoms with Gasteiger partial charge in [0, 0.05) is 17.4 Å². The molecule has 21 heavy (non-hydrogen) atoms. The molecule has 0 unspecified atom stereocenters. The van der Waals surface area contributed by atoms with E-state index >= 15 is 0 Å². The zero-order chi connectivity index (χ0) is 17.8. The van der Waals surface area contributed by atoms with Gasteiger partial charge in [0.25, 0.3) is 0 Å². The van der Waals surface area contributed by atoms with E-state index in [2.05, 4.69) is 68.1 Å². The van der Waals surface area contributed by atoms with Crippen LogP contribution in [0.4, 0.5) is 0 Å². The Morgan fingerprint density at radius 2 is 0.714 bits per heavy atom. The van der Waals surface area contributed by atoms with Gasteiger partial charge in [0.2, 0.25) is 0 Å². The van der Waals surface area contributed by atoms with E-state index in [1.165, 1.54) is 11.5 Å². The van der Waals surface area contributed by atoms with Crippen molar-refractivity contribution in [3.63, 3.8) is 0 Å². The summed E-state index contributed by atoms with van der Waals surface area (Å²) in [7, 11) is 0. The fraction of sp³-hybridized carbons (Fsp3) is 0.714. The van der Waals surface area contributed by atoms with Gasteiger partial charge in [-0.2, -0.15) is 0 Å². The van der Waals surface area contributed by atoms with Crippen LogP contribution in [0, 0.1) is 26.6 Å². The molecular formula is C14H24CrO4S2+2. The summed E-state index contributed by atoms with van der Waals surface area (Å²) in [5.74, 6) is 2.70. The second-order valence-corrected chi connectivity index (χ2v) is 9.32. The van der Waals surface area contributed by atoms with Crippen molar-refractivity contribution in [2.24, 2.45) is 0 Å². The van der Waals surface area contributed by atoms with E-state index in [1.807, 2.05) is 0 Å². The van der Waals surface area contributed by atoms with E-state index in [1.54, 1.807) is 23.5 Å². The summed E-state index contributed by atoms with van der Waals surface area (Å²) in [5.41, 5.74) is 0. The van der Waals surface area contributed by atoms with Gasteiger partial charge in [0.15, 0.2) is 11.5 Å². The van der Waals surface area contributed by atoms with E-state index in [9.17, 15) is 0 Å².